The molecule has 0 spiro atoms. The number of amides is 1. The predicted octanol–water partition coefficient (Wildman–Crippen LogP) is 0.939. The molecule has 0 unspecified atom stereocenters. The average Bonchev–Trinajstić information content (AvgIpc) is 2.36. The Hall–Kier alpha value is -2.17. The summed E-state index contributed by atoms with van der Waals surface area (Å²) in [7, 11) is 1.62. The van der Waals surface area contributed by atoms with Crippen molar-refractivity contribution < 1.29 is 9.59 Å². The Bertz CT molecular complexity index is 424. The quantitative estimate of drug-likeness (QED) is 0.451. The molecule has 0 saturated heterocycles. The van der Waals surface area contributed by atoms with Gasteiger partial charge >= 0.3 is 0 Å². The number of nitrogens with zero attached hydrogens (tertiary/aromatic N) is 1. The lowest BCUT2D eigenvalue weighted by Crippen LogP contribution is -2.14. The number of benzene rings is 1. The molecule has 0 aliphatic heterocycles. The van der Waals surface area contributed by atoms with Crippen LogP contribution in [0.25, 0.3) is 0 Å². The van der Waals surface area contributed by atoms with Crippen molar-refractivity contribution in [2.45, 2.75) is 12.8 Å². The summed E-state index contributed by atoms with van der Waals surface area (Å²) >= 11 is 0. The Balaban J connectivity index is 2.62. The van der Waals surface area contributed by atoms with E-state index >= 15 is 0 Å². The molecule has 3 N–H and O–H groups in total. The molecule has 0 heterocycles. The summed E-state index contributed by atoms with van der Waals surface area (Å²) in [5, 5.41) is 2.68. The lowest BCUT2D eigenvalue weighted by Gasteiger charge is -2.05. The number of aliphatic imine (C=N–C) groups is 1. The molecular weight excluding hydrogens is 218 g/mol. The number of hydrogen-bond donors (Lipinski definition) is 2. The maximum atomic E-state index is 11.3. The van der Waals surface area contributed by atoms with E-state index < -0.39 is 0 Å². The summed E-state index contributed by atoms with van der Waals surface area (Å²) < 4.78 is 0. The fourth-order valence-electron chi connectivity index (χ4n) is 1.27. The van der Waals surface area contributed by atoms with Crippen LogP contribution in [0, 0.1) is 0 Å². The van der Waals surface area contributed by atoms with Crippen LogP contribution in [0.2, 0.25) is 0 Å². The fourth-order valence-corrected chi connectivity index (χ4v) is 1.27. The lowest BCUT2D eigenvalue weighted by molar-refractivity contribution is -0.118. The fraction of sp³-hybridized carbons (Fsp3) is 0.250. The van der Waals surface area contributed by atoms with Crippen LogP contribution in [0.3, 0.4) is 0 Å². The lowest BCUT2D eigenvalue weighted by atomic mass is 10.2. The second kappa shape index (κ2) is 6.42. The van der Waals surface area contributed by atoms with Crippen LogP contribution >= 0.6 is 0 Å². The van der Waals surface area contributed by atoms with Crippen molar-refractivity contribution in [3.8, 4) is 0 Å². The van der Waals surface area contributed by atoms with Crippen molar-refractivity contribution in [3.05, 3.63) is 29.8 Å². The average molecular weight is 233 g/mol. The Morgan fingerprint density at radius 2 is 2.06 bits per heavy atom. The van der Waals surface area contributed by atoms with Gasteiger partial charge in [0.15, 0.2) is 0 Å². The van der Waals surface area contributed by atoms with E-state index in [0.29, 0.717) is 11.5 Å². The number of aldehydes is 1. The molecule has 0 saturated carbocycles. The topological polar surface area (TPSA) is 84.5 Å². The summed E-state index contributed by atoms with van der Waals surface area (Å²) in [4.78, 5) is 25.3. The second-order valence-corrected chi connectivity index (χ2v) is 3.44. The van der Waals surface area contributed by atoms with Crippen molar-refractivity contribution in [2.24, 2.45) is 10.7 Å². The van der Waals surface area contributed by atoms with Crippen LogP contribution in [0.15, 0.2) is 29.3 Å². The molecule has 5 nitrogen and oxygen atoms in total. The molecule has 1 aromatic rings. The van der Waals surface area contributed by atoms with Gasteiger partial charge in [-0.15, -0.1) is 0 Å². The molecule has 90 valence electrons. The number of nitrogens with two attached hydrogens (primary N) is 1. The highest BCUT2D eigenvalue weighted by molar-refractivity contribution is 5.98. The molecular formula is C12H15N3O2. The third kappa shape index (κ3) is 4.06. The van der Waals surface area contributed by atoms with Crippen LogP contribution in [-0.2, 0) is 9.59 Å². The van der Waals surface area contributed by atoms with E-state index in [2.05, 4.69) is 10.3 Å². The van der Waals surface area contributed by atoms with E-state index in [1.165, 1.54) is 0 Å². The molecule has 0 fully saturated rings. The Morgan fingerprint density at radius 3 is 2.59 bits per heavy atom. The van der Waals surface area contributed by atoms with Gasteiger partial charge in [0.25, 0.3) is 0 Å². The zero-order chi connectivity index (χ0) is 12.7. The molecule has 1 aromatic carbocycles. The molecule has 17 heavy (non-hydrogen) atoms. The van der Waals surface area contributed by atoms with Crippen LogP contribution in [-0.4, -0.2) is 25.1 Å². The minimum Gasteiger partial charge on any atom is -0.384 e. The summed E-state index contributed by atoms with van der Waals surface area (Å²) in [5.74, 6) is 0.269. The van der Waals surface area contributed by atoms with Crippen LogP contribution in [0.4, 0.5) is 5.69 Å². The van der Waals surface area contributed by atoms with Crippen molar-refractivity contribution in [3.63, 3.8) is 0 Å². The van der Waals surface area contributed by atoms with E-state index in [-0.39, 0.29) is 18.7 Å². The number of amidine groups is 1. The van der Waals surface area contributed by atoms with E-state index in [1.54, 1.807) is 31.3 Å². The maximum Gasteiger partial charge on any atom is 0.224 e. The van der Waals surface area contributed by atoms with E-state index in [0.717, 1.165) is 11.8 Å². The largest absolute Gasteiger partial charge is 0.384 e. The predicted molar refractivity (Wildman–Crippen MR) is 67.0 cm³/mol. The first-order valence-corrected chi connectivity index (χ1v) is 5.23. The molecule has 1 rings (SSSR count). The van der Waals surface area contributed by atoms with Gasteiger partial charge in [0, 0.05) is 31.1 Å². The van der Waals surface area contributed by atoms with Crippen molar-refractivity contribution in [2.75, 3.05) is 12.4 Å². The number of anilines is 1. The van der Waals surface area contributed by atoms with Gasteiger partial charge in [0.1, 0.15) is 12.1 Å². The number of hydrogen-bond acceptors (Lipinski definition) is 3. The summed E-state index contributed by atoms with van der Waals surface area (Å²) in [6.07, 6.45) is 1.16. The van der Waals surface area contributed by atoms with Crippen molar-refractivity contribution in [1.29, 1.82) is 0 Å². The van der Waals surface area contributed by atoms with Crippen LogP contribution in [0.1, 0.15) is 18.4 Å². The van der Waals surface area contributed by atoms with E-state index in [4.69, 9.17) is 5.73 Å². The minimum atomic E-state index is -0.179. The first-order chi connectivity index (χ1) is 8.17. The second-order valence-electron chi connectivity index (χ2n) is 3.44. The van der Waals surface area contributed by atoms with Gasteiger partial charge in [-0.2, -0.15) is 0 Å². The smallest absolute Gasteiger partial charge is 0.224 e. The monoisotopic (exact) mass is 233 g/mol. The van der Waals surface area contributed by atoms with Gasteiger partial charge in [-0.25, -0.2) is 0 Å². The number of carbonyl (C=O) groups is 2. The van der Waals surface area contributed by atoms with Gasteiger partial charge in [-0.3, -0.25) is 9.79 Å². The number of rotatable bonds is 5. The van der Waals surface area contributed by atoms with Crippen molar-refractivity contribution >= 4 is 23.7 Å². The van der Waals surface area contributed by atoms with Gasteiger partial charge in [0.05, 0.1) is 0 Å². The molecule has 0 atom stereocenters. The third-order valence-electron chi connectivity index (χ3n) is 2.19. The molecule has 0 aromatic heterocycles. The maximum absolute atomic E-state index is 11.3. The molecule has 5 heteroatoms. The summed E-state index contributed by atoms with van der Waals surface area (Å²) in [6.45, 7) is 0. The highest BCUT2D eigenvalue weighted by Gasteiger charge is 2.02. The zero-order valence-corrected chi connectivity index (χ0v) is 9.64. The normalized spacial score (nSPS) is 11.0. The summed E-state index contributed by atoms with van der Waals surface area (Å²) in [5.41, 5.74) is 7.11. The first-order valence-electron chi connectivity index (χ1n) is 5.23. The number of nitrogens with one attached hydrogen (secondary N) is 1. The minimum absolute atomic E-state index is 0.179. The van der Waals surface area contributed by atoms with E-state index in [1.807, 2.05) is 0 Å². The van der Waals surface area contributed by atoms with Crippen LogP contribution < -0.4 is 11.1 Å². The Kier molecular flexibility index (Phi) is 4.87. The van der Waals surface area contributed by atoms with E-state index in [9.17, 15) is 9.59 Å². The van der Waals surface area contributed by atoms with Gasteiger partial charge in [0.2, 0.25) is 5.91 Å². The highest BCUT2D eigenvalue weighted by Crippen LogP contribution is 2.09. The van der Waals surface area contributed by atoms with Gasteiger partial charge in [-0.05, 0) is 24.3 Å². The first kappa shape index (κ1) is 12.9. The Labute approximate surface area is 99.7 Å². The SMILES string of the molecule is CN=C(N)c1ccc(NC(=O)CCC=O)cc1. The molecule has 1 amide bonds. The summed E-state index contributed by atoms with van der Waals surface area (Å²) in [6, 6.07) is 7.04. The van der Waals surface area contributed by atoms with Gasteiger partial charge < -0.3 is 15.8 Å². The van der Waals surface area contributed by atoms with Crippen LogP contribution in [0.5, 0.6) is 0 Å². The third-order valence-corrected chi connectivity index (χ3v) is 2.19. The standard InChI is InChI=1S/C12H15N3O2/c1-14-12(13)9-4-6-10(7-5-9)15-11(17)3-2-8-16/h4-8H,2-3H2,1H3,(H2,13,14)(H,15,17). The number of carbonyl (C=O) groups excluding carboxylic acids is 2. The molecule has 0 aliphatic carbocycles. The van der Waals surface area contributed by atoms with Crippen molar-refractivity contribution in [1.82, 2.24) is 0 Å². The molecule has 0 bridgehead atoms. The highest BCUT2D eigenvalue weighted by atomic mass is 16.1. The molecule has 0 aliphatic rings. The van der Waals surface area contributed by atoms with Gasteiger partial charge in [-0.1, -0.05) is 0 Å². The Morgan fingerprint density at radius 1 is 1.41 bits per heavy atom. The zero-order valence-electron chi connectivity index (χ0n) is 9.64. The molecule has 0 radical (unpaired) electrons.